The number of halogens is 1. The molecule has 0 aromatic heterocycles. The molecule has 122 valence electrons. The smallest absolute Gasteiger partial charge is 0.241 e. The summed E-state index contributed by atoms with van der Waals surface area (Å²) in [6, 6.07) is 16.5. The highest BCUT2D eigenvalue weighted by Crippen LogP contribution is 2.52. The van der Waals surface area contributed by atoms with Crippen LogP contribution in [-0.4, -0.2) is 18.1 Å². The summed E-state index contributed by atoms with van der Waals surface area (Å²) in [6.07, 6.45) is 4.24. The summed E-state index contributed by atoms with van der Waals surface area (Å²) in [5, 5.41) is 3.24. The van der Waals surface area contributed by atoms with Crippen LogP contribution in [-0.2, 0) is 10.2 Å². The highest BCUT2D eigenvalue weighted by molar-refractivity contribution is 9.10. The number of carbonyl (C=O) groups is 1. The van der Waals surface area contributed by atoms with Crippen molar-refractivity contribution in [3.05, 3.63) is 70.2 Å². The average molecular weight is 383 g/mol. The van der Waals surface area contributed by atoms with Crippen molar-refractivity contribution in [2.45, 2.75) is 24.9 Å². The standard InChI is InChI=1S/C20H19BrN2O/c1-19(2)16-5-3-4-6-17(16)23-13-18(24)22-20(19,23)12-11-14-7-9-15(21)10-8-14/h3-12H,13H2,1-2H3,(H,22,24)/t20-/m1/s1. The molecule has 2 aliphatic rings. The molecule has 1 fully saturated rings. The second-order valence-electron chi connectivity index (χ2n) is 6.93. The molecule has 1 amide bonds. The molecule has 2 heterocycles. The molecule has 4 rings (SSSR count). The Morgan fingerprint density at radius 3 is 2.58 bits per heavy atom. The lowest BCUT2D eigenvalue weighted by Gasteiger charge is -2.40. The second kappa shape index (κ2) is 5.21. The van der Waals surface area contributed by atoms with Crippen molar-refractivity contribution in [2.75, 3.05) is 11.4 Å². The molecule has 0 aliphatic carbocycles. The first-order valence-electron chi connectivity index (χ1n) is 8.07. The first-order chi connectivity index (χ1) is 11.4. The van der Waals surface area contributed by atoms with Gasteiger partial charge in [-0.3, -0.25) is 4.79 Å². The van der Waals surface area contributed by atoms with Crippen LogP contribution in [0, 0.1) is 0 Å². The van der Waals surface area contributed by atoms with Crippen LogP contribution in [0.5, 0.6) is 0 Å². The Kier molecular flexibility index (Phi) is 3.36. The fourth-order valence-electron chi connectivity index (χ4n) is 3.93. The van der Waals surface area contributed by atoms with Crippen LogP contribution in [0.25, 0.3) is 6.08 Å². The van der Waals surface area contributed by atoms with E-state index in [-0.39, 0.29) is 11.3 Å². The number of amides is 1. The van der Waals surface area contributed by atoms with Gasteiger partial charge in [0.1, 0.15) is 5.66 Å². The maximum absolute atomic E-state index is 12.2. The molecule has 1 atom stereocenters. The summed E-state index contributed by atoms with van der Waals surface area (Å²) in [7, 11) is 0. The van der Waals surface area contributed by atoms with Gasteiger partial charge in [0, 0.05) is 15.6 Å². The summed E-state index contributed by atoms with van der Waals surface area (Å²) in [5.41, 5.74) is 2.77. The van der Waals surface area contributed by atoms with E-state index >= 15 is 0 Å². The zero-order valence-corrected chi connectivity index (χ0v) is 15.3. The number of anilines is 1. The zero-order chi connectivity index (χ0) is 16.9. The van der Waals surface area contributed by atoms with E-state index in [4.69, 9.17) is 0 Å². The Balaban J connectivity index is 1.82. The number of rotatable bonds is 2. The Morgan fingerprint density at radius 1 is 1.12 bits per heavy atom. The maximum Gasteiger partial charge on any atom is 0.241 e. The summed E-state index contributed by atoms with van der Waals surface area (Å²) in [5.74, 6) is 0.0676. The van der Waals surface area contributed by atoms with Gasteiger partial charge in [-0.05, 0) is 35.4 Å². The predicted octanol–water partition coefficient (Wildman–Crippen LogP) is 4.09. The van der Waals surface area contributed by atoms with Crippen molar-refractivity contribution in [3.8, 4) is 0 Å². The molecule has 2 aliphatic heterocycles. The first-order valence-corrected chi connectivity index (χ1v) is 8.86. The van der Waals surface area contributed by atoms with Gasteiger partial charge < -0.3 is 10.2 Å². The molecule has 24 heavy (non-hydrogen) atoms. The summed E-state index contributed by atoms with van der Waals surface area (Å²) in [4.78, 5) is 14.4. The van der Waals surface area contributed by atoms with Crippen LogP contribution in [0.1, 0.15) is 25.0 Å². The summed E-state index contributed by atoms with van der Waals surface area (Å²) < 4.78 is 1.06. The molecule has 3 nitrogen and oxygen atoms in total. The van der Waals surface area contributed by atoms with Gasteiger partial charge >= 0.3 is 0 Å². The van der Waals surface area contributed by atoms with Crippen LogP contribution < -0.4 is 10.2 Å². The van der Waals surface area contributed by atoms with Gasteiger partial charge in [-0.15, -0.1) is 0 Å². The minimum atomic E-state index is -0.527. The Morgan fingerprint density at radius 2 is 1.83 bits per heavy atom. The first kappa shape index (κ1) is 15.5. The third-order valence-electron chi connectivity index (χ3n) is 5.27. The van der Waals surface area contributed by atoms with E-state index in [2.05, 4.69) is 82.5 Å². The number of nitrogens with zero attached hydrogens (tertiary/aromatic N) is 1. The third-order valence-corrected chi connectivity index (χ3v) is 5.79. The highest BCUT2D eigenvalue weighted by Gasteiger charge is 2.59. The number of benzene rings is 2. The average Bonchev–Trinajstić information content (AvgIpc) is 2.99. The van der Waals surface area contributed by atoms with Gasteiger partial charge in [-0.1, -0.05) is 66.2 Å². The summed E-state index contributed by atoms with van der Waals surface area (Å²) in [6.45, 7) is 4.79. The van der Waals surface area contributed by atoms with Crippen molar-refractivity contribution >= 4 is 33.6 Å². The van der Waals surface area contributed by atoms with Crippen LogP contribution in [0.4, 0.5) is 5.69 Å². The van der Waals surface area contributed by atoms with Crippen molar-refractivity contribution < 1.29 is 4.79 Å². The second-order valence-corrected chi connectivity index (χ2v) is 7.84. The van der Waals surface area contributed by atoms with E-state index in [1.165, 1.54) is 5.56 Å². The van der Waals surface area contributed by atoms with Crippen LogP contribution in [0.2, 0.25) is 0 Å². The van der Waals surface area contributed by atoms with Crippen molar-refractivity contribution in [1.29, 1.82) is 0 Å². The summed E-state index contributed by atoms with van der Waals surface area (Å²) >= 11 is 3.46. The molecule has 2 aromatic rings. The van der Waals surface area contributed by atoms with E-state index in [9.17, 15) is 4.79 Å². The monoisotopic (exact) mass is 382 g/mol. The molecule has 1 N–H and O–H groups in total. The van der Waals surface area contributed by atoms with Crippen molar-refractivity contribution in [3.63, 3.8) is 0 Å². The number of nitrogens with one attached hydrogen (secondary N) is 1. The lowest BCUT2D eigenvalue weighted by Crippen LogP contribution is -2.58. The topological polar surface area (TPSA) is 32.3 Å². The molecule has 1 saturated heterocycles. The molecule has 0 spiro atoms. The fraction of sp³-hybridized carbons (Fsp3) is 0.250. The van der Waals surface area contributed by atoms with E-state index in [0.29, 0.717) is 6.54 Å². The van der Waals surface area contributed by atoms with Gasteiger partial charge in [-0.25, -0.2) is 0 Å². The van der Waals surface area contributed by atoms with Crippen molar-refractivity contribution in [1.82, 2.24) is 5.32 Å². The van der Waals surface area contributed by atoms with Crippen molar-refractivity contribution in [2.24, 2.45) is 0 Å². The number of para-hydroxylation sites is 1. The molecular weight excluding hydrogens is 364 g/mol. The SMILES string of the molecule is CC1(C)c2ccccc2N2CC(=O)N[C@]21C=Cc1ccc(Br)cc1. The number of fused-ring (bicyclic) bond motifs is 3. The largest absolute Gasteiger partial charge is 0.335 e. The quantitative estimate of drug-likeness (QED) is 0.848. The Hall–Kier alpha value is -2.07. The van der Waals surface area contributed by atoms with E-state index < -0.39 is 5.66 Å². The normalized spacial score (nSPS) is 24.1. The van der Waals surface area contributed by atoms with Crippen LogP contribution >= 0.6 is 15.9 Å². The minimum absolute atomic E-state index is 0.0676. The molecule has 2 aromatic carbocycles. The Labute approximate surface area is 150 Å². The highest BCUT2D eigenvalue weighted by atomic mass is 79.9. The zero-order valence-electron chi connectivity index (χ0n) is 13.7. The molecule has 0 saturated carbocycles. The molecule has 0 unspecified atom stereocenters. The molecule has 4 heteroatoms. The predicted molar refractivity (Wildman–Crippen MR) is 101 cm³/mol. The molecule has 0 radical (unpaired) electrons. The fourth-order valence-corrected chi connectivity index (χ4v) is 4.19. The van der Waals surface area contributed by atoms with Gasteiger partial charge in [0.15, 0.2) is 0 Å². The van der Waals surface area contributed by atoms with Gasteiger partial charge in [-0.2, -0.15) is 0 Å². The third kappa shape index (κ3) is 2.06. The van der Waals surface area contributed by atoms with Crippen LogP contribution in [0.15, 0.2) is 59.1 Å². The lowest BCUT2D eigenvalue weighted by atomic mass is 9.75. The number of hydrogen-bond donors (Lipinski definition) is 1. The van der Waals surface area contributed by atoms with Gasteiger partial charge in [0.25, 0.3) is 0 Å². The van der Waals surface area contributed by atoms with E-state index in [1.54, 1.807) is 0 Å². The lowest BCUT2D eigenvalue weighted by molar-refractivity contribution is -0.118. The minimum Gasteiger partial charge on any atom is -0.335 e. The number of carbonyl (C=O) groups excluding carboxylic acids is 1. The Bertz CT molecular complexity index is 841. The van der Waals surface area contributed by atoms with E-state index in [0.717, 1.165) is 15.7 Å². The van der Waals surface area contributed by atoms with E-state index in [1.807, 2.05) is 18.2 Å². The number of hydrogen-bond acceptors (Lipinski definition) is 2. The van der Waals surface area contributed by atoms with Crippen LogP contribution in [0.3, 0.4) is 0 Å². The maximum atomic E-state index is 12.2. The molecule has 0 bridgehead atoms. The van der Waals surface area contributed by atoms with Gasteiger partial charge in [0.2, 0.25) is 5.91 Å². The van der Waals surface area contributed by atoms with Gasteiger partial charge in [0.05, 0.1) is 6.54 Å². The molecular formula is C20H19BrN2O.